The van der Waals surface area contributed by atoms with E-state index in [1.54, 1.807) is 24.1 Å². The molecule has 1 heterocycles. The fourth-order valence-corrected chi connectivity index (χ4v) is 1.98. The maximum Gasteiger partial charge on any atom is 0.388 e. The maximum absolute atomic E-state index is 5.17. The Labute approximate surface area is 142 Å². The molecule has 0 aliphatic heterocycles. The SMILES string of the molecule is C=C/C=C(\C=C/C)Nc1ccc(N=Nc2cccc[n+]2OC)cc1. The number of pyridine rings is 1. The molecule has 0 fully saturated rings. The van der Waals surface area contributed by atoms with Gasteiger partial charge in [-0.3, -0.25) is 0 Å². The minimum absolute atomic E-state index is 0.617. The summed E-state index contributed by atoms with van der Waals surface area (Å²) in [6.07, 6.45) is 9.38. The van der Waals surface area contributed by atoms with Crippen LogP contribution in [0.2, 0.25) is 0 Å². The number of aromatic nitrogens is 1. The van der Waals surface area contributed by atoms with Gasteiger partial charge in [-0.25, -0.2) is 0 Å². The summed E-state index contributed by atoms with van der Waals surface area (Å²) in [6.45, 7) is 5.69. The summed E-state index contributed by atoms with van der Waals surface area (Å²) in [5, 5.41) is 11.7. The van der Waals surface area contributed by atoms with E-state index in [1.807, 2.05) is 67.6 Å². The fourth-order valence-electron chi connectivity index (χ4n) is 1.98. The summed E-state index contributed by atoms with van der Waals surface area (Å²) < 4.78 is 1.54. The highest BCUT2D eigenvalue weighted by atomic mass is 16.6. The second-order valence-electron chi connectivity index (χ2n) is 4.80. The molecule has 0 spiro atoms. The van der Waals surface area contributed by atoms with Crippen molar-refractivity contribution in [2.24, 2.45) is 10.2 Å². The van der Waals surface area contributed by atoms with Crippen LogP contribution in [-0.2, 0) is 0 Å². The highest BCUT2D eigenvalue weighted by molar-refractivity contribution is 5.55. The van der Waals surface area contributed by atoms with Crippen molar-refractivity contribution in [3.05, 3.63) is 85.2 Å². The van der Waals surface area contributed by atoms with Crippen LogP contribution in [0.15, 0.2) is 95.5 Å². The Kier molecular flexibility index (Phi) is 6.46. The van der Waals surface area contributed by atoms with Gasteiger partial charge < -0.3 is 10.2 Å². The van der Waals surface area contributed by atoms with Crippen LogP contribution in [0.5, 0.6) is 0 Å². The lowest BCUT2D eigenvalue weighted by Crippen LogP contribution is -2.39. The summed E-state index contributed by atoms with van der Waals surface area (Å²) in [6, 6.07) is 13.3. The first kappa shape index (κ1) is 17.1. The van der Waals surface area contributed by atoms with E-state index in [4.69, 9.17) is 4.84 Å². The van der Waals surface area contributed by atoms with Gasteiger partial charge in [-0.2, -0.15) is 0 Å². The first-order chi connectivity index (χ1) is 11.8. The summed E-state index contributed by atoms with van der Waals surface area (Å²) in [7, 11) is 1.58. The molecule has 0 amide bonds. The summed E-state index contributed by atoms with van der Waals surface area (Å²) >= 11 is 0. The van der Waals surface area contributed by atoms with E-state index in [0.29, 0.717) is 5.82 Å². The molecule has 0 unspecified atom stereocenters. The predicted octanol–water partition coefficient (Wildman–Crippen LogP) is 4.51. The largest absolute Gasteiger partial charge is 0.388 e. The molecule has 0 aliphatic rings. The third-order valence-corrected chi connectivity index (χ3v) is 3.07. The van der Waals surface area contributed by atoms with Gasteiger partial charge in [0.15, 0.2) is 0 Å². The predicted molar refractivity (Wildman–Crippen MR) is 96.5 cm³/mol. The number of anilines is 1. The van der Waals surface area contributed by atoms with Crippen molar-refractivity contribution >= 4 is 17.2 Å². The highest BCUT2D eigenvalue weighted by Crippen LogP contribution is 2.19. The van der Waals surface area contributed by atoms with E-state index in [1.165, 1.54) is 0 Å². The third kappa shape index (κ3) is 4.91. The van der Waals surface area contributed by atoms with Gasteiger partial charge in [0.1, 0.15) is 19.0 Å². The molecule has 0 radical (unpaired) electrons. The molecule has 0 atom stereocenters. The molecule has 1 N–H and O–H groups in total. The number of azo groups is 1. The zero-order chi connectivity index (χ0) is 17.2. The lowest BCUT2D eigenvalue weighted by molar-refractivity contribution is -0.875. The molecule has 24 heavy (non-hydrogen) atoms. The molecular formula is C19H21N4O+. The van der Waals surface area contributed by atoms with E-state index in [-0.39, 0.29) is 0 Å². The van der Waals surface area contributed by atoms with Crippen molar-refractivity contribution in [1.29, 1.82) is 0 Å². The second-order valence-corrected chi connectivity index (χ2v) is 4.80. The first-order valence-corrected chi connectivity index (χ1v) is 7.56. The van der Waals surface area contributed by atoms with Crippen molar-refractivity contribution < 1.29 is 9.57 Å². The molecule has 5 nitrogen and oxygen atoms in total. The van der Waals surface area contributed by atoms with Crippen LogP contribution in [-0.4, -0.2) is 7.11 Å². The van der Waals surface area contributed by atoms with Gasteiger partial charge in [-0.05, 0) is 65.3 Å². The number of nitrogens with zero attached hydrogens (tertiary/aromatic N) is 3. The smallest absolute Gasteiger partial charge is 0.356 e. The molecule has 2 rings (SSSR count). The molecule has 0 aliphatic carbocycles. The zero-order valence-corrected chi connectivity index (χ0v) is 13.9. The summed E-state index contributed by atoms with van der Waals surface area (Å²) in [4.78, 5) is 5.17. The Morgan fingerprint density at radius 3 is 2.62 bits per heavy atom. The Hall–Kier alpha value is -3.21. The average molecular weight is 321 g/mol. The second kappa shape index (κ2) is 9.05. The Morgan fingerprint density at radius 1 is 1.17 bits per heavy atom. The number of hydrogen-bond donors (Lipinski definition) is 1. The van der Waals surface area contributed by atoms with Crippen LogP contribution in [0.3, 0.4) is 0 Å². The van der Waals surface area contributed by atoms with Gasteiger partial charge in [0.25, 0.3) is 0 Å². The van der Waals surface area contributed by atoms with Crippen LogP contribution >= 0.6 is 0 Å². The van der Waals surface area contributed by atoms with Crippen molar-refractivity contribution in [3.8, 4) is 0 Å². The molecular weight excluding hydrogens is 300 g/mol. The van der Waals surface area contributed by atoms with Crippen LogP contribution in [0.1, 0.15) is 6.92 Å². The average Bonchev–Trinajstić information content (AvgIpc) is 2.62. The fraction of sp³-hybridized carbons (Fsp3) is 0.105. The van der Waals surface area contributed by atoms with Gasteiger partial charge in [-0.15, -0.1) is 0 Å². The minimum Gasteiger partial charge on any atom is -0.356 e. The zero-order valence-electron chi connectivity index (χ0n) is 13.9. The van der Waals surface area contributed by atoms with Crippen molar-refractivity contribution in [3.63, 3.8) is 0 Å². The van der Waals surface area contributed by atoms with E-state index < -0.39 is 0 Å². The van der Waals surface area contributed by atoms with Crippen LogP contribution in [0.4, 0.5) is 17.2 Å². The molecule has 122 valence electrons. The third-order valence-electron chi connectivity index (χ3n) is 3.07. The standard InChI is InChI=1S/C19H20N4O/c1-4-8-16(9-5-2)20-17-11-13-18(14-12-17)21-22-19-10-6-7-15-23(19)24-3/h4-15H,1H2,2-3H3/p+1/b9-5-,16-8+. The van der Waals surface area contributed by atoms with Gasteiger partial charge in [0.05, 0.1) is 5.11 Å². The van der Waals surface area contributed by atoms with Crippen molar-refractivity contribution in [2.45, 2.75) is 6.92 Å². The maximum atomic E-state index is 5.17. The van der Waals surface area contributed by atoms with Gasteiger partial charge in [0, 0.05) is 17.5 Å². The first-order valence-electron chi connectivity index (χ1n) is 7.56. The lowest BCUT2D eigenvalue weighted by Gasteiger charge is -2.06. The van der Waals surface area contributed by atoms with Gasteiger partial charge >= 0.3 is 5.82 Å². The number of hydrogen-bond acceptors (Lipinski definition) is 4. The normalized spacial score (nSPS) is 11.8. The molecule has 0 saturated carbocycles. The van der Waals surface area contributed by atoms with Crippen molar-refractivity contribution in [2.75, 3.05) is 12.4 Å². The monoisotopic (exact) mass is 321 g/mol. The number of rotatable bonds is 7. The van der Waals surface area contributed by atoms with E-state index in [2.05, 4.69) is 22.1 Å². The van der Waals surface area contributed by atoms with Crippen LogP contribution < -0.4 is 14.9 Å². The molecule has 1 aromatic carbocycles. The minimum atomic E-state index is 0.617. The topological polar surface area (TPSA) is 49.9 Å². The molecule has 0 bridgehead atoms. The Bertz CT molecular complexity index is 761. The van der Waals surface area contributed by atoms with E-state index >= 15 is 0 Å². The van der Waals surface area contributed by atoms with E-state index in [0.717, 1.165) is 17.1 Å². The Morgan fingerprint density at radius 2 is 1.96 bits per heavy atom. The van der Waals surface area contributed by atoms with Crippen molar-refractivity contribution in [1.82, 2.24) is 0 Å². The molecule has 0 saturated heterocycles. The van der Waals surface area contributed by atoms with Crippen LogP contribution in [0.25, 0.3) is 0 Å². The number of allylic oxidation sites excluding steroid dienone is 4. The Balaban J connectivity index is 2.10. The van der Waals surface area contributed by atoms with E-state index in [9.17, 15) is 0 Å². The molecule has 2 aromatic rings. The summed E-state index contributed by atoms with van der Waals surface area (Å²) in [5.41, 5.74) is 2.69. The number of benzene rings is 1. The molecule has 5 heteroatoms. The lowest BCUT2D eigenvalue weighted by atomic mass is 10.2. The number of nitrogens with one attached hydrogen (secondary N) is 1. The highest BCUT2D eigenvalue weighted by Gasteiger charge is 2.08. The van der Waals surface area contributed by atoms with Crippen LogP contribution in [0, 0.1) is 0 Å². The quantitative estimate of drug-likeness (QED) is 0.463. The molecule has 1 aromatic heterocycles. The van der Waals surface area contributed by atoms with Gasteiger partial charge in [-0.1, -0.05) is 18.7 Å². The summed E-state index contributed by atoms with van der Waals surface area (Å²) in [5.74, 6) is 0.617. The van der Waals surface area contributed by atoms with Gasteiger partial charge in [0.2, 0.25) is 0 Å².